The SMILES string of the molecule is C[C@H]1CCC[NH+](CCC(=O)Nc2sc3c(c2C#N)CCCC3)C1. The number of quaternary nitrogens is 1. The first-order valence-corrected chi connectivity index (χ1v) is 9.67. The van der Waals surface area contributed by atoms with Crippen LogP contribution in [-0.2, 0) is 17.6 Å². The number of thiophene rings is 1. The van der Waals surface area contributed by atoms with Gasteiger partial charge in [-0.2, -0.15) is 5.26 Å². The van der Waals surface area contributed by atoms with E-state index in [2.05, 4.69) is 18.3 Å². The second-order valence-corrected chi connectivity index (χ2v) is 8.13. The van der Waals surface area contributed by atoms with Crippen molar-refractivity contribution in [3.05, 3.63) is 16.0 Å². The van der Waals surface area contributed by atoms with E-state index in [4.69, 9.17) is 0 Å². The van der Waals surface area contributed by atoms with Gasteiger partial charge in [-0.15, -0.1) is 11.3 Å². The minimum absolute atomic E-state index is 0.0609. The quantitative estimate of drug-likeness (QED) is 0.887. The Kier molecular flexibility index (Phi) is 5.34. The van der Waals surface area contributed by atoms with E-state index in [1.54, 1.807) is 16.2 Å². The van der Waals surface area contributed by atoms with Gasteiger partial charge in [0.25, 0.3) is 0 Å². The molecular formula is C18H26N3OS+. The normalized spacial score (nSPS) is 23.8. The van der Waals surface area contributed by atoms with Crippen LogP contribution in [-0.4, -0.2) is 25.5 Å². The molecule has 1 aromatic rings. The summed E-state index contributed by atoms with van der Waals surface area (Å²) in [7, 11) is 0. The molecule has 3 rings (SSSR count). The lowest BCUT2D eigenvalue weighted by molar-refractivity contribution is -0.907. The largest absolute Gasteiger partial charge is 0.334 e. The maximum atomic E-state index is 12.3. The number of amides is 1. The minimum atomic E-state index is 0.0609. The Hall–Kier alpha value is -1.38. The predicted molar refractivity (Wildman–Crippen MR) is 92.9 cm³/mol. The molecule has 1 saturated heterocycles. The average molecular weight is 332 g/mol. The van der Waals surface area contributed by atoms with E-state index in [9.17, 15) is 10.1 Å². The summed E-state index contributed by atoms with van der Waals surface area (Å²) < 4.78 is 0. The van der Waals surface area contributed by atoms with Crippen molar-refractivity contribution in [2.24, 2.45) is 5.92 Å². The van der Waals surface area contributed by atoms with E-state index in [0.29, 0.717) is 6.42 Å². The lowest BCUT2D eigenvalue weighted by atomic mass is 9.96. The number of anilines is 1. The zero-order valence-corrected chi connectivity index (χ0v) is 14.7. The molecule has 1 unspecified atom stereocenters. The van der Waals surface area contributed by atoms with Gasteiger partial charge >= 0.3 is 0 Å². The van der Waals surface area contributed by atoms with E-state index in [1.807, 2.05) is 0 Å². The molecule has 23 heavy (non-hydrogen) atoms. The van der Waals surface area contributed by atoms with Crippen LogP contribution in [0.5, 0.6) is 0 Å². The molecule has 1 aromatic heterocycles. The van der Waals surface area contributed by atoms with Crippen LogP contribution in [0.2, 0.25) is 0 Å². The highest BCUT2D eigenvalue weighted by molar-refractivity contribution is 7.16. The molecule has 0 radical (unpaired) electrons. The Morgan fingerprint density at radius 1 is 1.39 bits per heavy atom. The number of fused-ring (bicyclic) bond motifs is 1. The molecule has 2 atom stereocenters. The molecule has 4 nitrogen and oxygen atoms in total. The van der Waals surface area contributed by atoms with Crippen LogP contribution < -0.4 is 10.2 Å². The van der Waals surface area contributed by atoms with Gasteiger partial charge in [-0.3, -0.25) is 4.79 Å². The molecule has 2 aliphatic rings. The Labute approximate surface area is 142 Å². The fourth-order valence-electron chi connectivity index (χ4n) is 3.88. The number of hydrogen-bond donors (Lipinski definition) is 2. The topological polar surface area (TPSA) is 57.3 Å². The maximum absolute atomic E-state index is 12.3. The van der Waals surface area contributed by atoms with E-state index in [1.165, 1.54) is 42.8 Å². The fraction of sp³-hybridized carbons (Fsp3) is 0.667. The number of nitriles is 1. The zero-order chi connectivity index (χ0) is 16.2. The first kappa shape index (κ1) is 16.5. The van der Waals surface area contributed by atoms with Crippen LogP contribution in [0.4, 0.5) is 5.00 Å². The van der Waals surface area contributed by atoms with Gasteiger partial charge in [-0.25, -0.2) is 0 Å². The van der Waals surface area contributed by atoms with Crippen molar-refractivity contribution in [3.8, 4) is 6.07 Å². The van der Waals surface area contributed by atoms with Crippen LogP contribution >= 0.6 is 11.3 Å². The molecule has 1 aliphatic carbocycles. The highest BCUT2D eigenvalue weighted by Gasteiger charge is 2.23. The van der Waals surface area contributed by atoms with Gasteiger partial charge in [0.05, 0.1) is 31.6 Å². The molecule has 1 fully saturated rings. The smallest absolute Gasteiger partial charge is 0.230 e. The Morgan fingerprint density at radius 2 is 2.22 bits per heavy atom. The van der Waals surface area contributed by atoms with E-state index >= 15 is 0 Å². The number of aryl methyl sites for hydroxylation is 1. The first-order chi connectivity index (χ1) is 11.2. The highest BCUT2D eigenvalue weighted by Crippen LogP contribution is 2.37. The Bertz CT molecular complexity index is 617. The van der Waals surface area contributed by atoms with Crippen LogP contribution in [0.3, 0.4) is 0 Å². The molecule has 1 amide bonds. The van der Waals surface area contributed by atoms with Gasteiger partial charge in [0.15, 0.2) is 0 Å². The summed E-state index contributed by atoms with van der Waals surface area (Å²) in [4.78, 5) is 15.1. The fourth-order valence-corrected chi connectivity index (χ4v) is 5.13. The second-order valence-electron chi connectivity index (χ2n) is 7.03. The minimum Gasteiger partial charge on any atom is -0.334 e. The Morgan fingerprint density at radius 3 is 3.00 bits per heavy atom. The summed E-state index contributed by atoms with van der Waals surface area (Å²) in [6.45, 7) is 5.58. The summed E-state index contributed by atoms with van der Waals surface area (Å²) in [5.74, 6) is 0.835. The van der Waals surface area contributed by atoms with E-state index in [-0.39, 0.29) is 5.91 Å². The lowest BCUT2D eigenvalue weighted by Gasteiger charge is -2.27. The summed E-state index contributed by atoms with van der Waals surface area (Å²) in [5.41, 5.74) is 1.91. The molecule has 5 heteroatoms. The number of nitrogens with one attached hydrogen (secondary N) is 2. The number of piperidine rings is 1. The number of likely N-dealkylation sites (tertiary alicyclic amines) is 1. The van der Waals surface area contributed by atoms with Gasteiger partial charge in [-0.05, 0) is 44.1 Å². The maximum Gasteiger partial charge on any atom is 0.230 e. The molecule has 2 N–H and O–H groups in total. The van der Waals surface area contributed by atoms with Gasteiger partial charge < -0.3 is 10.2 Å². The third kappa shape index (κ3) is 3.94. The van der Waals surface area contributed by atoms with Crippen LogP contribution in [0.25, 0.3) is 0 Å². The number of rotatable bonds is 4. The number of hydrogen-bond acceptors (Lipinski definition) is 3. The van der Waals surface area contributed by atoms with Crippen LogP contribution in [0.15, 0.2) is 0 Å². The summed E-state index contributed by atoms with van der Waals surface area (Å²) in [6, 6.07) is 2.31. The molecule has 124 valence electrons. The number of carbonyl (C=O) groups excluding carboxylic acids is 1. The van der Waals surface area contributed by atoms with Gasteiger partial charge in [0.1, 0.15) is 11.1 Å². The van der Waals surface area contributed by atoms with Gasteiger partial charge in [0, 0.05) is 10.8 Å². The highest BCUT2D eigenvalue weighted by atomic mass is 32.1. The number of carbonyl (C=O) groups is 1. The lowest BCUT2D eigenvalue weighted by Crippen LogP contribution is -3.13. The third-order valence-corrected chi connectivity index (χ3v) is 6.31. The molecule has 2 heterocycles. The van der Waals surface area contributed by atoms with Crippen molar-refractivity contribution in [1.29, 1.82) is 5.26 Å². The second kappa shape index (κ2) is 7.46. The molecule has 0 aromatic carbocycles. The first-order valence-electron chi connectivity index (χ1n) is 8.85. The Balaban J connectivity index is 1.58. The predicted octanol–water partition coefficient (Wildman–Crippen LogP) is 2.14. The van der Waals surface area contributed by atoms with E-state index < -0.39 is 0 Å². The van der Waals surface area contributed by atoms with Gasteiger partial charge in [0.2, 0.25) is 5.91 Å². The summed E-state index contributed by atoms with van der Waals surface area (Å²) in [5, 5.41) is 13.2. The monoisotopic (exact) mass is 332 g/mol. The van der Waals surface area contributed by atoms with E-state index in [0.717, 1.165) is 42.3 Å². The third-order valence-electron chi connectivity index (χ3n) is 5.11. The zero-order valence-electron chi connectivity index (χ0n) is 13.9. The van der Waals surface area contributed by atoms with Crippen LogP contribution in [0.1, 0.15) is 55.0 Å². The van der Waals surface area contributed by atoms with Gasteiger partial charge in [-0.1, -0.05) is 6.92 Å². The van der Waals surface area contributed by atoms with Crippen molar-refractivity contribution >= 4 is 22.2 Å². The van der Waals surface area contributed by atoms with Crippen LogP contribution in [0, 0.1) is 17.2 Å². The molecule has 0 bridgehead atoms. The molecule has 0 spiro atoms. The molecule has 1 aliphatic heterocycles. The molecular weight excluding hydrogens is 306 g/mol. The number of nitrogens with zero attached hydrogens (tertiary/aromatic N) is 1. The standard InChI is InChI=1S/C18H25N3OS/c1-13-5-4-9-21(12-13)10-8-17(22)20-18-15(11-19)14-6-2-3-7-16(14)23-18/h13H,2-10,12H2,1H3,(H,20,22)/p+1/t13-/m0/s1. The molecule has 0 saturated carbocycles. The average Bonchev–Trinajstić information content (AvgIpc) is 2.90. The van der Waals surface area contributed by atoms with Crippen molar-refractivity contribution in [1.82, 2.24) is 0 Å². The van der Waals surface area contributed by atoms with Crippen molar-refractivity contribution in [3.63, 3.8) is 0 Å². The summed E-state index contributed by atoms with van der Waals surface area (Å²) in [6.07, 6.45) is 7.54. The van der Waals surface area contributed by atoms with Crippen molar-refractivity contribution in [2.75, 3.05) is 25.0 Å². The van der Waals surface area contributed by atoms with Crippen molar-refractivity contribution < 1.29 is 9.69 Å². The summed E-state index contributed by atoms with van der Waals surface area (Å²) >= 11 is 1.62. The van der Waals surface area contributed by atoms with Crippen molar-refractivity contribution in [2.45, 2.75) is 51.9 Å².